The molecule has 0 aromatic heterocycles. The van der Waals surface area contributed by atoms with E-state index in [4.69, 9.17) is 34.7 Å². The molecule has 4 rings (SSSR count). The minimum atomic E-state index is -0.673. The molecule has 0 bridgehead atoms. The molecule has 1 heterocycles. The summed E-state index contributed by atoms with van der Waals surface area (Å²) in [5.41, 5.74) is 15.1. The maximum atomic E-state index is 13.5. The molecule has 2 aromatic rings. The summed E-state index contributed by atoms with van der Waals surface area (Å²) < 4.78 is 0. The minimum absolute atomic E-state index is 0.0236. The van der Waals surface area contributed by atoms with Gasteiger partial charge in [-0.1, -0.05) is 55.2 Å². The van der Waals surface area contributed by atoms with Gasteiger partial charge in [0.05, 0.1) is 5.57 Å². The molecule has 1 atom stereocenters. The van der Waals surface area contributed by atoms with Crippen LogP contribution in [0, 0.1) is 5.41 Å². The van der Waals surface area contributed by atoms with Gasteiger partial charge in [0.25, 0.3) is 0 Å². The van der Waals surface area contributed by atoms with E-state index in [-0.39, 0.29) is 22.6 Å². The Morgan fingerprint density at radius 2 is 1.74 bits per heavy atom. The Balaban J connectivity index is 2.03. The van der Waals surface area contributed by atoms with Gasteiger partial charge < -0.3 is 11.5 Å². The summed E-state index contributed by atoms with van der Waals surface area (Å²) in [6.07, 6.45) is 0.975. The van der Waals surface area contributed by atoms with Gasteiger partial charge in [0.2, 0.25) is 5.91 Å². The first-order valence-corrected chi connectivity index (χ1v) is 10.7. The number of allylic oxidation sites excluding steroid dienone is 2. The molecule has 31 heavy (non-hydrogen) atoms. The number of nitrogens with two attached hydrogens (primary N) is 2. The molecule has 1 amide bonds. The number of primary amides is 1. The third kappa shape index (κ3) is 3.84. The second-order valence-corrected chi connectivity index (χ2v) is 9.64. The van der Waals surface area contributed by atoms with Crippen LogP contribution in [-0.4, -0.2) is 11.7 Å². The number of nitrogens with zero attached hydrogens (tertiary/aromatic N) is 1. The van der Waals surface area contributed by atoms with Crippen LogP contribution in [0.15, 0.2) is 71.2 Å². The van der Waals surface area contributed by atoms with E-state index in [1.807, 2.05) is 19.9 Å². The Bertz CT molecular complexity index is 1150. The average Bonchev–Trinajstić information content (AvgIpc) is 2.66. The van der Waals surface area contributed by atoms with E-state index in [2.05, 4.69) is 0 Å². The molecule has 0 fully saturated rings. The van der Waals surface area contributed by atoms with Crippen LogP contribution in [0.3, 0.4) is 0 Å². The smallest absolute Gasteiger partial charge is 0.249 e. The quantitative estimate of drug-likeness (QED) is 0.688. The lowest BCUT2D eigenvalue weighted by molar-refractivity contribution is -0.118. The molecule has 160 valence electrons. The van der Waals surface area contributed by atoms with Crippen LogP contribution in [0.25, 0.3) is 0 Å². The summed E-state index contributed by atoms with van der Waals surface area (Å²) in [7, 11) is 0. The first kappa shape index (κ1) is 21.5. The van der Waals surface area contributed by atoms with Gasteiger partial charge in [-0.05, 0) is 47.7 Å². The maximum absolute atomic E-state index is 13.5. The highest BCUT2D eigenvalue weighted by Gasteiger charge is 2.45. The van der Waals surface area contributed by atoms with Crippen molar-refractivity contribution < 1.29 is 9.59 Å². The zero-order valence-corrected chi connectivity index (χ0v) is 18.8. The van der Waals surface area contributed by atoms with E-state index in [1.54, 1.807) is 47.4 Å². The van der Waals surface area contributed by atoms with Gasteiger partial charge in [0, 0.05) is 39.3 Å². The van der Waals surface area contributed by atoms with Crippen LogP contribution < -0.4 is 16.4 Å². The molecular weight excluding hydrogens is 433 g/mol. The number of halogens is 2. The Labute approximate surface area is 191 Å². The van der Waals surface area contributed by atoms with Crippen molar-refractivity contribution in [3.8, 4) is 0 Å². The molecule has 1 unspecified atom stereocenters. The molecule has 0 saturated carbocycles. The number of ketones is 1. The lowest BCUT2D eigenvalue weighted by Crippen LogP contribution is -2.44. The standard InChI is InChI=1S/C24H23Cl2N3O2/c1-24(2)11-17-20(18(30)12-24)19(13-6-8-14(25)9-7-13)21(23(28)31)22(27)29(17)16-5-3-4-15(26)10-16/h3-10,19H,11-12,27H2,1-2H3,(H2,28,31). The number of benzene rings is 2. The molecule has 5 nitrogen and oxygen atoms in total. The molecule has 2 aliphatic rings. The SMILES string of the molecule is CC1(C)CC(=O)C2=C(C1)N(c1cccc(Cl)c1)C(N)=C(C(N)=O)C2c1ccc(Cl)cc1. The molecule has 1 aliphatic heterocycles. The normalized spacial score (nSPS) is 20.7. The third-order valence-electron chi connectivity index (χ3n) is 5.80. The first-order chi connectivity index (χ1) is 14.6. The number of carbonyl (C=O) groups excluding carboxylic acids is 2. The summed E-state index contributed by atoms with van der Waals surface area (Å²) in [5, 5.41) is 1.08. The monoisotopic (exact) mass is 455 g/mol. The minimum Gasteiger partial charge on any atom is -0.384 e. The molecule has 0 spiro atoms. The van der Waals surface area contributed by atoms with Crippen molar-refractivity contribution in [2.45, 2.75) is 32.6 Å². The van der Waals surface area contributed by atoms with Gasteiger partial charge >= 0.3 is 0 Å². The van der Waals surface area contributed by atoms with E-state index in [1.165, 1.54) is 0 Å². The fraction of sp³-hybridized carbons (Fsp3) is 0.250. The van der Waals surface area contributed by atoms with Crippen molar-refractivity contribution in [1.82, 2.24) is 0 Å². The predicted octanol–water partition coefficient (Wildman–Crippen LogP) is 4.90. The Kier molecular flexibility index (Phi) is 5.36. The van der Waals surface area contributed by atoms with E-state index in [0.717, 1.165) is 11.3 Å². The fourth-order valence-corrected chi connectivity index (χ4v) is 4.86. The zero-order valence-electron chi connectivity index (χ0n) is 17.3. The summed E-state index contributed by atoms with van der Waals surface area (Å²) in [6, 6.07) is 14.2. The number of amides is 1. The van der Waals surface area contributed by atoms with Crippen molar-refractivity contribution in [3.63, 3.8) is 0 Å². The highest BCUT2D eigenvalue weighted by molar-refractivity contribution is 6.31. The Hall–Kier alpha value is -2.76. The van der Waals surface area contributed by atoms with Gasteiger partial charge in [0.1, 0.15) is 5.82 Å². The van der Waals surface area contributed by atoms with Crippen LogP contribution in [-0.2, 0) is 9.59 Å². The van der Waals surface area contributed by atoms with Crippen molar-refractivity contribution in [2.24, 2.45) is 16.9 Å². The highest BCUT2D eigenvalue weighted by atomic mass is 35.5. The first-order valence-electron chi connectivity index (χ1n) is 9.96. The van der Waals surface area contributed by atoms with Gasteiger partial charge in [0.15, 0.2) is 5.78 Å². The van der Waals surface area contributed by atoms with Crippen molar-refractivity contribution >= 4 is 40.6 Å². The van der Waals surface area contributed by atoms with Crippen molar-refractivity contribution in [2.75, 3.05) is 4.90 Å². The van der Waals surface area contributed by atoms with Crippen molar-refractivity contribution in [1.29, 1.82) is 0 Å². The van der Waals surface area contributed by atoms with Gasteiger partial charge in [-0.25, -0.2) is 0 Å². The molecule has 1 aliphatic carbocycles. The summed E-state index contributed by atoms with van der Waals surface area (Å²) in [6.45, 7) is 4.09. The van der Waals surface area contributed by atoms with E-state index in [9.17, 15) is 9.59 Å². The number of hydrogen-bond donors (Lipinski definition) is 2. The number of carbonyl (C=O) groups is 2. The van der Waals surface area contributed by atoms with Gasteiger partial charge in [-0.15, -0.1) is 0 Å². The molecule has 0 saturated heterocycles. The molecule has 2 aromatic carbocycles. The molecular formula is C24H23Cl2N3O2. The lowest BCUT2D eigenvalue weighted by Gasteiger charge is -2.44. The van der Waals surface area contributed by atoms with Crippen LogP contribution in [0.5, 0.6) is 0 Å². The second kappa shape index (κ2) is 7.74. The lowest BCUT2D eigenvalue weighted by atomic mass is 9.68. The summed E-state index contributed by atoms with van der Waals surface area (Å²) in [4.78, 5) is 27.9. The third-order valence-corrected chi connectivity index (χ3v) is 6.28. The van der Waals surface area contributed by atoms with Crippen LogP contribution in [0.4, 0.5) is 5.69 Å². The largest absolute Gasteiger partial charge is 0.384 e. The van der Waals surface area contributed by atoms with Gasteiger partial charge in [-0.2, -0.15) is 0 Å². The van der Waals surface area contributed by atoms with E-state index < -0.39 is 11.8 Å². The maximum Gasteiger partial charge on any atom is 0.249 e. The topological polar surface area (TPSA) is 89.4 Å². The summed E-state index contributed by atoms with van der Waals surface area (Å²) in [5.74, 6) is -1.14. The predicted molar refractivity (Wildman–Crippen MR) is 124 cm³/mol. The number of hydrogen-bond acceptors (Lipinski definition) is 4. The molecule has 0 radical (unpaired) electrons. The molecule has 7 heteroatoms. The van der Waals surface area contributed by atoms with Crippen molar-refractivity contribution in [3.05, 3.63) is 86.8 Å². The fourth-order valence-electron chi connectivity index (χ4n) is 4.55. The van der Waals surface area contributed by atoms with Gasteiger partial charge in [-0.3, -0.25) is 14.5 Å². The van der Waals surface area contributed by atoms with E-state index in [0.29, 0.717) is 34.1 Å². The Morgan fingerprint density at radius 1 is 1.06 bits per heavy atom. The summed E-state index contributed by atoms with van der Waals surface area (Å²) >= 11 is 12.3. The Morgan fingerprint density at radius 3 is 2.35 bits per heavy atom. The van der Waals surface area contributed by atoms with Crippen LogP contribution >= 0.6 is 23.2 Å². The van der Waals surface area contributed by atoms with E-state index >= 15 is 0 Å². The number of anilines is 1. The number of rotatable bonds is 3. The van der Waals surface area contributed by atoms with Crippen LogP contribution in [0.2, 0.25) is 10.0 Å². The highest BCUT2D eigenvalue weighted by Crippen LogP contribution is 2.50. The average molecular weight is 456 g/mol. The zero-order chi connectivity index (χ0) is 22.5. The second-order valence-electron chi connectivity index (χ2n) is 8.76. The number of Topliss-reactive ketones (excluding diaryl/α,β-unsaturated/α-hetero) is 1. The van der Waals surface area contributed by atoms with Crippen LogP contribution in [0.1, 0.15) is 38.2 Å². The molecule has 4 N–H and O–H groups in total.